The highest BCUT2D eigenvalue weighted by Gasteiger charge is 2.33. The summed E-state index contributed by atoms with van der Waals surface area (Å²) >= 11 is 0. The summed E-state index contributed by atoms with van der Waals surface area (Å²) in [5.41, 5.74) is 1.54. The Kier molecular flexibility index (Phi) is 3.71. The van der Waals surface area contributed by atoms with Crippen molar-refractivity contribution in [1.82, 2.24) is 34.5 Å². The van der Waals surface area contributed by atoms with Crippen LogP contribution in [0.25, 0.3) is 5.65 Å². The lowest BCUT2D eigenvalue weighted by molar-refractivity contribution is 0.195. The van der Waals surface area contributed by atoms with Crippen LogP contribution >= 0.6 is 0 Å². The van der Waals surface area contributed by atoms with E-state index in [4.69, 9.17) is 5.10 Å². The number of nitrogens with zero attached hydrogens (tertiary/aromatic N) is 8. The first-order valence-electron chi connectivity index (χ1n) is 9.29. The van der Waals surface area contributed by atoms with Gasteiger partial charge in [0.25, 0.3) is 5.56 Å². The Morgan fingerprint density at radius 3 is 2.78 bits per heavy atom. The van der Waals surface area contributed by atoms with Crippen LogP contribution in [-0.4, -0.2) is 60.7 Å². The standard InChI is InChI=1S/C18H22N8O/c1-23(9-13-7-8-19-24(2)18(13)27)14-10-25(11-14)16-6-5-15-20-21-17(12-3-4-12)26(15)22-16/h5-8,12,14H,3-4,9-11H2,1-2H3. The molecule has 1 aliphatic carbocycles. The Bertz CT molecular complexity index is 1050. The summed E-state index contributed by atoms with van der Waals surface area (Å²) in [4.78, 5) is 16.6. The van der Waals surface area contributed by atoms with Crippen molar-refractivity contribution >= 4 is 11.5 Å². The zero-order chi connectivity index (χ0) is 18.5. The van der Waals surface area contributed by atoms with E-state index in [2.05, 4.69) is 32.1 Å². The summed E-state index contributed by atoms with van der Waals surface area (Å²) in [6.07, 6.45) is 4.03. The summed E-state index contributed by atoms with van der Waals surface area (Å²) in [5.74, 6) is 2.45. The van der Waals surface area contributed by atoms with E-state index in [0.717, 1.165) is 35.9 Å². The monoisotopic (exact) mass is 366 g/mol. The molecule has 0 aromatic carbocycles. The second-order valence-electron chi connectivity index (χ2n) is 7.55. The van der Waals surface area contributed by atoms with Crippen LogP contribution in [0.4, 0.5) is 5.82 Å². The molecule has 0 spiro atoms. The first-order valence-corrected chi connectivity index (χ1v) is 9.29. The van der Waals surface area contributed by atoms with E-state index in [1.165, 1.54) is 17.5 Å². The molecule has 3 aromatic heterocycles. The Balaban J connectivity index is 1.27. The van der Waals surface area contributed by atoms with Crippen molar-refractivity contribution in [2.45, 2.75) is 31.3 Å². The fourth-order valence-corrected chi connectivity index (χ4v) is 3.55. The van der Waals surface area contributed by atoms with Crippen molar-refractivity contribution in [2.24, 2.45) is 7.05 Å². The molecule has 0 bridgehead atoms. The largest absolute Gasteiger partial charge is 0.352 e. The fraction of sp³-hybridized carbons (Fsp3) is 0.500. The first kappa shape index (κ1) is 16.4. The van der Waals surface area contributed by atoms with Gasteiger partial charge in [0.1, 0.15) is 5.82 Å². The van der Waals surface area contributed by atoms with Gasteiger partial charge in [0.2, 0.25) is 0 Å². The number of rotatable bonds is 5. The number of anilines is 1. The Hall–Kier alpha value is -2.81. The maximum absolute atomic E-state index is 12.1. The molecule has 5 rings (SSSR count). The predicted molar refractivity (Wildman–Crippen MR) is 99.7 cm³/mol. The lowest BCUT2D eigenvalue weighted by Gasteiger charge is -2.44. The van der Waals surface area contributed by atoms with Gasteiger partial charge < -0.3 is 4.90 Å². The number of aromatic nitrogens is 6. The van der Waals surface area contributed by atoms with Crippen LogP contribution in [-0.2, 0) is 13.6 Å². The number of aryl methyl sites for hydroxylation is 1. The van der Waals surface area contributed by atoms with E-state index in [1.807, 2.05) is 16.6 Å². The molecular weight excluding hydrogens is 344 g/mol. The van der Waals surface area contributed by atoms with Crippen LogP contribution in [0.3, 0.4) is 0 Å². The van der Waals surface area contributed by atoms with Gasteiger partial charge in [-0.25, -0.2) is 4.68 Å². The van der Waals surface area contributed by atoms with Crippen molar-refractivity contribution in [3.05, 3.63) is 46.1 Å². The second-order valence-corrected chi connectivity index (χ2v) is 7.55. The second kappa shape index (κ2) is 6.12. The smallest absolute Gasteiger partial charge is 0.270 e. The molecule has 4 heterocycles. The summed E-state index contributed by atoms with van der Waals surface area (Å²) < 4.78 is 3.27. The topological polar surface area (TPSA) is 84.5 Å². The molecule has 2 fully saturated rings. The highest BCUT2D eigenvalue weighted by atomic mass is 16.1. The quantitative estimate of drug-likeness (QED) is 0.647. The van der Waals surface area contributed by atoms with Gasteiger partial charge in [-0.1, -0.05) is 0 Å². The minimum atomic E-state index is -0.0344. The Morgan fingerprint density at radius 1 is 1.19 bits per heavy atom. The van der Waals surface area contributed by atoms with Crippen LogP contribution in [0, 0.1) is 0 Å². The first-order chi connectivity index (χ1) is 13.1. The zero-order valence-corrected chi connectivity index (χ0v) is 15.5. The summed E-state index contributed by atoms with van der Waals surface area (Å²) in [7, 11) is 3.74. The van der Waals surface area contributed by atoms with Crippen molar-refractivity contribution in [1.29, 1.82) is 0 Å². The minimum Gasteiger partial charge on any atom is -0.352 e. The Labute approximate surface area is 156 Å². The van der Waals surface area contributed by atoms with Gasteiger partial charge in [0.15, 0.2) is 11.5 Å². The third-order valence-electron chi connectivity index (χ3n) is 5.53. The van der Waals surface area contributed by atoms with Gasteiger partial charge in [-0.05, 0) is 38.1 Å². The summed E-state index contributed by atoms with van der Waals surface area (Å²) in [5, 5.41) is 17.2. The molecule has 0 unspecified atom stereocenters. The van der Waals surface area contributed by atoms with Crippen LogP contribution in [0.1, 0.15) is 30.1 Å². The molecule has 9 nitrogen and oxygen atoms in total. The van der Waals surface area contributed by atoms with Gasteiger partial charge >= 0.3 is 0 Å². The molecule has 27 heavy (non-hydrogen) atoms. The van der Waals surface area contributed by atoms with Crippen molar-refractivity contribution in [3.8, 4) is 0 Å². The molecule has 0 N–H and O–H groups in total. The SMILES string of the molecule is CN(Cc1ccnn(C)c1=O)C1CN(c2ccc3nnc(C4CC4)n3n2)C1. The molecule has 0 atom stereocenters. The Morgan fingerprint density at radius 2 is 2.00 bits per heavy atom. The number of hydrogen-bond donors (Lipinski definition) is 0. The highest BCUT2D eigenvalue weighted by molar-refractivity contribution is 5.48. The maximum Gasteiger partial charge on any atom is 0.270 e. The van der Waals surface area contributed by atoms with Gasteiger partial charge in [0.05, 0.1) is 0 Å². The van der Waals surface area contributed by atoms with E-state index < -0.39 is 0 Å². The van der Waals surface area contributed by atoms with Crippen molar-refractivity contribution in [3.63, 3.8) is 0 Å². The number of hydrogen-bond acceptors (Lipinski definition) is 7. The van der Waals surface area contributed by atoms with Crippen molar-refractivity contribution in [2.75, 3.05) is 25.0 Å². The normalized spacial score (nSPS) is 17.7. The van der Waals surface area contributed by atoms with Gasteiger partial charge in [-0.2, -0.15) is 9.61 Å². The maximum atomic E-state index is 12.1. The average Bonchev–Trinajstić information content (AvgIpc) is 3.37. The predicted octanol–water partition coefficient (Wildman–Crippen LogP) is 0.416. The molecule has 1 saturated heterocycles. The van der Waals surface area contributed by atoms with Gasteiger partial charge in [-0.15, -0.1) is 15.3 Å². The summed E-state index contributed by atoms with van der Waals surface area (Å²) in [6, 6.07) is 6.19. The van der Waals surface area contributed by atoms with E-state index in [9.17, 15) is 4.79 Å². The molecule has 140 valence electrons. The lowest BCUT2D eigenvalue weighted by Crippen LogP contribution is -2.58. The molecule has 9 heteroatoms. The van der Waals surface area contributed by atoms with E-state index >= 15 is 0 Å². The van der Waals surface area contributed by atoms with Crippen LogP contribution < -0.4 is 10.5 Å². The molecule has 1 aliphatic heterocycles. The number of likely N-dealkylation sites (N-methyl/N-ethyl adjacent to an activating group) is 1. The molecule has 3 aromatic rings. The van der Waals surface area contributed by atoms with Crippen LogP contribution in [0.2, 0.25) is 0 Å². The molecule has 2 aliphatic rings. The minimum absolute atomic E-state index is 0.0344. The third-order valence-corrected chi connectivity index (χ3v) is 5.53. The molecule has 0 amide bonds. The molecular formula is C18H22N8O. The number of fused-ring (bicyclic) bond motifs is 1. The van der Waals surface area contributed by atoms with E-state index in [0.29, 0.717) is 18.5 Å². The van der Waals surface area contributed by atoms with Gasteiger partial charge in [0, 0.05) is 50.4 Å². The zero-order valence-electron chi connectivity index (χ0n) is 15.5. The average molecular weight is 366 g/mol. The summed E-state index contributed by atoms with van der Waals surface area (Å²) in [6.45, 7) is 2.40. The van der Waals surface area contributed by atoms with Crippen molar-refractivity contribution < 1.29 is 0 Å². The van der Waals surface area contributed by atoms with E-state index in [1.54, 1.807) is 19.3 Å². The highest BCUT2D eigenvalue weighted by Crippen LogP contribution is 2.38. The van der Waals surface area contributed by atoms with Gasteiger partial charge in [-0.3, -0.25) is 9.69 Å². The molecule has 1 saturated carbocycles. The van der Waals surface area contributed by atoms with E-state index in [-0.39, 0.29) is 5.56 Å². The lowest BCUT2D eigenvalue weighted by atomic mass is 10.1. The molecule has 0 radical (unpaired) electrons. The third kappa shape index (κ3) is 2.87. The van der Waals surface area contributed by atoms with Crippen LogP contribution in [0.5, 0.6) is 0 Å². The van der Waals surface area contributed by atoms with Crippen LogP contribution in [0.15, 0.2) is 29.2 Å². The fourth-order valence-electron chi connectivity index (χ4n) is 3.55.